The maximum absolute atomic E-state index is 13.4. The molecule has 0 radical (unpaired) electrons. The Kier molecular flexibility index (Phi) is 7.22. The predicted molar refractivity (Wildman–Crippen MR) is 141 cm³/mol. The second kappa shape index (κ2) is 10.0. The molecule has 0 spiro atoms. The molecule has 2 aromatic rings. The Morgan fingerprint density at radius 3 is 2.67 bits per heavy atom. The van der Waals surface area contributed by atoms with Crippen molar-refractivity contribution < 1.29 is 19.0 Å². The van der Waals surface area contributed by atoms with E-state index in [9.17, 15) is 4.79 Å². The first-order valence-electron chi connectivity index (χ1n) is 12.1. The minimum absolute atomic E-state index is 0.377. The van der Waals surface area contributed by atoms with Gasteiger partial charge in [-0.2, -0.15) is 4.98 Å². The number of fused-ring (bicyclic) bond motifs is 1. The van der Waals surface area contributed by atoms with Gasteiger partial charge in [-0.15, -0.1) is 0 Å². The standard InChI is InChI=1S/C26H34ClN5O4/c1-16-14-19(28-6)31-23(29-16)30-17-15-18-22(35-13-12-34-18)20(21(17)27)26(5)10-8-7-9-11-32(26)24(33)36-25(2,3)4/h7,9,14-15H,8,10-13H2,1-6H3,(H2,28,29,30,31). The Morgan fingerprint density at radius 1 is 1.19 bits per heavy atom. The van der Waals surface area contributed by atoms with Crippen LogP contribution in [0, 0.1) is 6.92 Å². The number of ether oxygens (including phenoxy) is 3. The van der Waals surface area contributed by atoms with Gasteiger partial charge < -0.3 is 24.8 Å². The maximum atomic E-state index is 13.4. The molecule has 0 fully saturated rings. The molecular formula is C26H34ClN5O4. The van der Waals surface area contributed by atoms with Crippen molar-refractivity contribution in [2.45, 2.75) is 58.6 Å². The fraction of sp³-hybridized carbons (Fsp3) is 0.500. The van der Waals surface area contributed by atoms with Gasteiger partial charge >= 0.3 is 6.09 Å². The van der Waals surface area contributed by atoms with Gasteiger partial charge in [0.15, 0.2) is 11.5 Å². The highest BCUT2D eigenvalue weighted by Gasteiger charge is 2.44. The molecule has 36 heavy (non-hydrogen) atoms. The van der Waals surface area contributed by atoms with E-state index in [0.29, 0.717) is 65.7 Å². The summed E-state index contributed by atoms with van der Waals surface area (Å²) in [4.78, 5) is 24.1. The van der Waals surface area contributed by atoms with Gasteiger partial charge in [0.2, 0.25) is 5.95 Å². The van der Waals surface area contributed by atoms with Crippen LogP contribution in [-0.2, 0) is 10.3 Å². The van der Waals surface area contributed by atoms with Crippen LogP contribution in [0.25, 0.3) is 0 Å². The van der Waals surface area contributed by atoms with Gasteiger partial charge in [0.05, 0.1) is 16.2 Å². The Bertz CT molecular complexity index is 1180. The average molecular weight is 516 g/mol. The number of aromatic nitrogens is 2. The second-order valence-electron chi connectivity index (χ2n) is 10.1. The fourth-order valence-corrected chi connectivity index (χ4v) is 4.85. The molecule has 194 valence electrons. The SMILES string of the molecule is CNc1cc(C)nc(Nc2cc3c(c(C4(C)CCC=CCN4C(=O)OC(C)(C)C)c2Cl)OCCO3)n1. The number of carbonyl (C=O) groups is 1. The third-order valence-corrected chi connectivity index (χ3v) is 6.52. The van der Waals surface area contributed by atoms with Gasteiger partial charge in [-0.25, -0.2) is 9.78 Å². The van der Waals surface area contributed by atoms with Crippen molar-refractivity contribution in [3.63, 3.8) is 0 Å². The Morgan fingerprint density at radius 2 is 1.94 bits per heavy atom. The number of amides is 1. The smallest absolute Gasteiger partial charge is 0.411 e. The van der Waals surface area contributed by atoms with Gasteiger partial charge in [-0.1, -0.05) is 23.8 Å². The van der Waals surface area contributed by atoms with E-state index in [1.165, 1.54) is 0 Å². The van der Waals surface area contributed by atoms with Crippen molar-refractivity contribution in [2.24, 2.45) is 0 Å². The molecule has 2 aliphatic rings. The first-order chi connectivity index (χ1) is 17.0. The number of nitrogens with one attached hydrogen (secondary N) is 2. The number of hydrogen-bond acceptors (Lipinski definition) is 8. The van der Waals surface area contributed by atoms with Gasteiger partial charge in [0, 0.05) is 37.0 Å². The lowest BCUT2D eigenvalue weighted by Crippen LogP contribution is -2.49. The number of carbonyl (C=O) groups excluding carboxylic acids is 1. The monoisotopic (exact) mass is 515 g/mol. The van der Waals surface area contributed by atoms with Crippen LogP contribution in [-0.4, -0.2) is 53.4 Å². The summed E-state index contributed by atoms with van der Waals surface area (Å²) in [6, 6.07) is 3.64. The van der Waals surface area contributed by atoms with E-state index in [1.54, 1.807) is 18.0 Å². The molecule has 2 N–H and O–H groups in total. The zero-order valence-corrected chi connectivity index (χ0v) is 22.5. The molecule has 10 heteroatoms. The van der Waals surface area contributed by atoms with E-state index in [1.807, 2.05) is 46.8 Å². The predicted octanol–water partition coefficient (Wildman–Crippen LogP) is 5.80. The second-order valence-corrected chi connectivity index (χ2v) is 10.5. The Labute approximate surface area is 217 Å². The molecule has 1 amide bonds. The van der Waals surface area contributed by atoms with Crippen LogP contribution in [0.3, 0.4) is 0 Å². The summed E-state index contributed by atoms with van der Waals surface area (Å²) >= 11 is 7.12. The highest BCUT2D eigenvalue weighted by Crippen LogP contribution is 2.51. The molecular weight excluding hydrogens is 482 g/mol. The van der Waals surface area contributed by atoms with Crippen LogP contribution in [0.4, 0.5) is 22.2 Å². The number of anilines is 3. The van der Waals surface area contributed by atoms with E-state index in [0.717, 1.165) is 12.1 Å². The number of benzene rings is 1. The van der Waals surface area contributed by atoms with E-state index in [2.05, 4.69) is 26.7 Å². The van der Waals surface area contributed by atoms with Crippen molar-refractivity contribution in [2.75, 3.05) is 37.4 Å². The molecule has 4 rings (SSSR count). The number of halogens is 1. The number of allylic oxidation sites excluding steroid dienone is 1. The quantitative estimate of drug-likeness (QED) is 0.493. The summed E-state index contributed by atoms with van der Waals surface area (Å²) in [6.45, 7) is 10.6. The normalized spacial score (nSPS) is 19.5. The molecule has 3 heterocycles. The zero-order valence-electron chi connectivity index (χ0n) is 21.7. The van der Waals surface area contributed by atoms with Crippen molar-refractivity contribution in [1.82, 2.24) is 14.9 Å². The fourth-order valence-electron chi connectivity index (χ4n) is 4.46. The van der Waals surface area contributed by atoms with Crippen LogP contribution in [0.2, 0.25) is 5.02 Å². The van der Waals surface area contributed by atoms with E-state index in [-0.39, 0.29) is 0 Å². The molecule has 2 aliphatic heterocycles. The number of aryl methyl sites for hydroxylation is 1. The zero-order chi connectivity index (χ0) is 26.1. The molecule has 0 saturated carbocycles. The topological polar surface area (TPSA) is 97.8 Å². The van der Waals surface area contributed by atoms with Crippen LogP contribution in [0.15, 0.2) is 24.3 Å². The van der Waals surface area contributed by atoms with Crippen LogP contribution < -0.4 is 20.1 Å². The largest absolute Gasteiger partial charge is 0.486 e. The summed E-state index contributed by atoms with van der Waals surface area (Å²) < 4.78 is 17.9. The summed E-state index contributed by atoms with van der Waals surface area (Å²) in [5.74, 6) is 2.15. The third-order valence-electron chi connectivity index (χ3n) is 6.13. The molecule has 1 aromatic carbocycles. The van der Waals surface area contributed by atoms with E-state index >= 15 is 0 Å². The maximum Gasteiger partial charge on any atom is 0.411 e. The summed E-state index contributed by atoms with van der Waals surface area (Å²) in [5.41, 5.74) is 0.540. The molecule has 1 unspecified atom stereocenters. The van der Waals surface area contributed by atoms with Crippen LogP contribution in [0.5, 0.6) is 11.5 Å². The molecule has 1 atom stereocenters. The van der Waals surface area contributed by atoms with Crippen molar-refractivity contribution in [3.8, 4) is 11.5 Å². The average Bonchev–Trinajstić information content (AvgIpc) is 3.00. The highest BCUT2D eigenvalue weighted by atomic mass is 35.5. The molecule has 9 nitrogen and oxygen atoms in total. The molecule has 0 saturated heterocycles. The van der Waals surface area contributed by atoms with Gasteiger partial charge in [0.1, 0.15) is 24.6 Å². The minimum atomic E-state index is -0.838. The van der Waals surface area contributed by atoms with Gasteiger partial charge in [0.25, 0.3) is 0 Å². The minimum Gasteiger partial charge on any atom is -0.486 e. The summed E-state index contributed by atoms with van der Waals surface area (Å²) in [5, 5.41) is 6.70. The Balaban J connectivity index is 1.85. The van der Waals surface area contributed by atoms with Crippen molar-refractivity contribution in [3.05, 3.63) is 40.6 Å². The lowest BCUT2D eigenvalue weighted by atomic mass is 9.84. The van der Waals surface area contributed by atoms with Gasteiger partial charge in [-0.3, -0.25) is 4.90 Å². The third kappa shape index (κ3) is 5.31. The van der Waals surface area contributed by atoms with E-state index < -0.39 is 17.2 Å². The van der Waals surface area contributed by atoms with Crippen molar-refractivity contribution >= 4 is 35.1 Å². The first kappa shape index (κ1) is 25.9. The number of hydrogen-bond donors (Lipinski definition) is 2. The number of rotatable bonds is 4. The lowest BCUT2D eigenvalue weighted by Gasteiger charge is -2.42. The number of nitrogens with zero attached hydrogens (tertiary/aromatic N) is 3. The first-order valence-corrected chi connectivity index (χ1v) is 12.5. The lowest BCUT2D eigenvalue weighted by molar-refractivity contribution is 0.000699. The van der Waals surface area contributed by atoms with E-state index in [4.69, 9.17) is 25.8 Å². The summed E-state index contributed by atoms with van der Waals surface area (Å²) in [7, 11) is 1.80. The molecule has 0 bridgehead atoms. The summed E-state index contributed by atoms with van der Waals surface area (Å²) in [6.07, 6.45) is 5.01. The van der Waals surface area contributed by atoms with Crippen molar-refractivity contribution in [1.29, 1.82) is 0 Å². The molecule has 1 aromatic heterocycles. The highest BCUT2D eigenvalue weighted by molar-refractivity contribution is 6.34. The van der Waals surface area contributed by atoms with Crippen LogP contribution in [0.1, 0.15) is 51.8 Å². The van der Waals surface area contributed by atoms with Gasteiger partial charge in [-0.05, 0) is 47.5 Å². The van der Waals surface area contributed by atoms with Crippen LogP contribution >= 0.6 is 11.6 Å². The molecule has 0 aliphatic carbocycles. The Hall–Kier alpha value is -3.20.